The fraction of sp³-hybridized carbons (Fsp3) is 0.125. The predicted octanol–water partition coefficient (Wildman–Crippen LogP) is 2.69. The molecule has 2 aromatic carbocycles. The van der Waals surface area contributed by atoms with E-state index in [9.17, 15) is 9.59 Å². The van der Waals surface area contributed by atoms with Crippen molar-refractivity contribution in [3.05, 3.63) is 48.5 Å². The van der Waals surface area contributed by atoms with Crippen molar-refractivity contribution in [1.29, 1.82) is 0 Å². The molecule has 1 aliphatic heterocycles. The molecule has 0 radical (unpaired) electrons. The van der Waals surface area contributed by atoms with E-state index >= 15 is 0 Å². The number of hydrogen-bond acceptors (Lipinski definition) is 3. The number of para-hydroxylation sites is 1. The third-order valence-electron chi connectivity index (χ3n) is 3.34. The molecule has 22 heavy (non-hydrogen) atoms. The number of likely N-dealkylation sites (N-methyl/N-ethyl adjacent to an activating group) is 1. The van der Waals surface area contributed by atoms with Crippen LogP contribution in [0.2, 0.25) is 0 Å². The van der Waals surface area contributed by atoms with Gasteiger partial charge in [0.25, 0.3) is 5.91 Å². The van der Waals surface area contributed by atoms with Crippen molar-refractivity contribution in [2.75, 3.05) is 29.2 Å². The summed E-state index contributed by atoms with van der Waals surface area (Å²) in [4.78, 5) is 25.1. The van der Waals surface area contributed by atoms with Gasteiger partial charge in [0.15, 0.2) is 6.61 Å². The van der Waals surface area contributed by atoms with E-state index in [0.717, 1.165) is 0 Å². The van der Waals surface area contributed by atoms with Crippen LogP contribution in [0.25, 0.3) is 0 Å². The summed E-state index contributed by atoms with van der Waals surface area (Å²) in [5.41, 5.74) is 1.92. The molecular formula is C16H15N3O3. The fourth-order valence-corrected chi connectivity index (χ4v) is 2.16. The van der Waals surface area contributed by atoms with Crippen LogP contribution in [0.5, 0.6) is 5.75 Å². The van der Waals surface area contributed by atoms with E-state index in [1.807, 2.05) is 18.2 Å². The van der Waals surface area contributed by atoms with Gasteiger partial charge in [-0.3, -0.25) is 4.79 Å². The maximum atomic E-state index is 12.0. The third kappa shape index (κ3) is 2.85. The third-order valence-corrected chi connectivity index (χ3v) is 3.34. The Kier molecular flexibility index (Phi) is 3.65. The second-order valence-electron chi connectivity index (χ2n) is 4.87. The lowest BCUT2D eigenvalue weighted by molar-refractivity contribution is -0.120. The predicted molar refractivity (Wildman–Crippen MR) is 84.4 cm³/mol. The molecule has 2 aromatic rings. The Labute approximate surface area is 127 Å². The lowest BCUT2D eigenvalue weighted by Crippen LogP contribution is -2.35. The molecule has 3 amide bonds. The molecule has 0 aromatic heterocycles. The number of amides is 3. The zero-order chi connectivity index (χ0) is 15.5. The first-order chi connectivity index (χ1) is 10.6. The second kappa shape index (κ2) is 5.77. The first-order valence-corrected chi connectivity index (χ1v) is 6.80. The van der Waals surface area contributed by atoms with Crippen LogP contribution < -0.4 is 20.3 Å². The molecule has 0 saturated heterocycles. The fourth-order valence-electron chi connectivity index (χ4n) is 2.16. The van der Waals surface area contributed by atoms with E-state index in [1.54, 1.807) is 37.4 Å². The molecule has 0 saturated carbocycles. The summed E-state index contributed by atoms with van der Waals surface area (Å²) in [6, 6.07) is 14.0. The number of rotatable bonds is 2. The molecule has 1 aliphatic rings. The highest BCUT2D eigenvalue weighted by molar-refractivity contribution is 6.02. The summed E-state index contributed by atoms with van der Waals surface area (Å²) in [6.45, 7) is 0.0325. The molecule has 112 valence electrons. The van der Waals surface area contributed by atoms with E-state index in [2.05, 4.69) is 10.6 Å². The Bertz CT molecular complexity index is 716. The van der Waals surface area contributed by atoms with Crippen molar-refractivity contribution in [2.45, 2.75) is 0 Å². The van der Waals surface area contributed by atoms with Crippen molar-refractivity contribution in [2.24, 2.45) is 0 Å². The highest BCUT2D eigenvalue weighted by Gasteiger charge is 2.22. The summed E-state index contributed by atoms with van der Waals surface area (Å²) < 4.78 is 5.34. The number of fused-ring (bicyclic) bond motifs is 1. The zero-order valence-corrected chi connectivity index (χ0v) is 12.0. The molecule has 0 atom stereocenters. The minimum absolute atomic E-state index is 0.0325. The topological polar surface area (TPSA) is 70.7 Å². The van der Waals surface area contributed by atoms with Crippen LogP contribution in [0, 0.1) is 0 Å². The minimum Gasteiger partial charge on any atom is -0.482 e. The van der Waals surface area contributed by atoms with Gasteiger partial charge < -0.3 is 20.3 Å². The average molecular weight is 297 g/mol. The van der Waals surface area contributed by atoms with E-state index in [-0.39, 0.29) is 18.5 Å². The molecule has 0 bridgehead atoms. The van der Waals surface area contributed by atoms with Crippen LogP contribution in [-0.4, -0.2) is 25.6 Å². The van der Waals surface area contributed by atoms with E-state index in [0.29, 0.717) is 22.8 Å². The molecule has 0 unspecified atom stereocenters. The number of nitrogens with zero attached hydrogens (tertiary/aromatic N) is 1. The van der Waals surface area contributed by atoms with Gasteiger partial charge >= 0.3 is 6.03 Å². The van der Waals surface area contributed by atoms with Crippen LogP contribution in [0.15, 0.2) is 48.5 Å². The summed E-state index contributed by atoms with van der Waals surface area (Å²) in [6.07, 6.45) is 0. The van der Waals surface area contributed by atoms with Gasteiger partial charge in [-0.15, -0.1) is 0 Å². The Hall–Kier alpha value is -3.02. The molecule has 1 heterocycles. The van der Waals surface area contributed by atoms with Gasteiger partial charge in [-0.05, 0) is 30.3 Å². The first-order valence-electron chi connectivity index (χ1n) is 6.80. The van der Waals surface area contributed by atoms with Crippen molar-refractivity contribution >= 4 is 29.0 Å². The van der Waals surface area contributed by atoms with Crippen molar-refractivity contribution in [3.8, 4) is 5.75 Å². The maximum absolute atomic E-state index is 12.0. The molecule has 3 rings (SSSR count). The smallest absolute Gasteiger partial charge is 0.323 e. The second-order valence-corrected chi connectivity index (χ2v) is 4.87. The van der Waals surface area contributed by atoms with E-state index in [1.165, 1.54) is 4.90 Å². The molecule has 0 fully saturated rings. The summed E-state index contributed by atoms with van der Waals surface area (Å²) in [7, 11) is 1.68. The van der Waals surface area contributed by atoms with Crippen molar-refractivity contribution in [3.63, 3.8) is 0 Å². The van der Waals surface area contributed by atoms with Gasteiger partial charge in [0.2, 0.25) is 0 Å². The summed E-state index contributed by atoms with van der Waals surface area (Å²) >= 11 is 0. The summed E-state index contributed by atoms with van der Waals surface area (Å²) in [5.74, 6) is 0.495. The molecule has 6 heteroatoms. The monoisotopic (exact) mass is 297 g/mol. The van der Waals surface area contributed by atoms with E-state index in [4.69, 9.17) is 4.74 Å². The number of carbonyl (C=O) groups excluding carboxylic acids is 2. The molecule has 0 spiro atoms. The Morgan fingerprint density at radius 2 is 1.82 bits per heavy atom. The van der Waals surface area contributed by atoms with Gasteiger partial charge in [0.1, 0.15) is 5.75 Å². The molecular weight excluding hydrogens is 282 g/mol. The van der Waals surface area contributed by atoms with Crippen LogP contribution in [0.4, 0.5) is 21.9 Å². The highest BCUT2D eigenvalue weighted by Crippen LogP contribution is 2.33. The van der Waals surface area contributed by atoms with Gasteiger partial charge in [-0.1, -0.05) is 18.2 Å². The highest BCUT2D eigenvalue weighted by atomic mass is 16.5. The number of ether oxygens (including phenoxy) is 1. The summed E-state index contributed by atoms with van der Waals surface area (Å²) in [5, 5.41) is 5.46. The lowest BCUT2D eigenvalue weighted by Gasteiger charge is -2.26. The van der Waals surface area contributed by atoms with Crippen molar-refractivity contribution in [1.82, 2.24) is 0 Å². The number of anilines is 3. The average Bonchev–Trinajstić information content (AvgIpc) is 2.52. The molecule has 6 nitrogen and oxygen atoms in total. The van der Waals surface area contributed by atoms with E-state index < -0.39 is 0 Å². The standard InChI is InChI=1S/C16H15N3O3/c1-19-13-9-12(7-8-14(13)22-10-15(19)20)18-16(21)17-11-5-3-2-4-6-11/h2-9H,10H2,1H3,(H2,17,18,21). The van der Waals surface area contributed by atoms with Gasteiger partial charge in [0.05, 0.1) is 5.69 Å². The quantitative estimate of drug-likeness (QED) is 0.895. The Morgan fingerprint density at radius 1 is 1.09 bits per heavy atom. The van der Waals surface area contributed by atoms with Crippen LogP contribution in [0.3, 0.4) is 0 Å². The number of benzene rings is 2. The van der Waals surface area contributed by atoms with Crippen LogP contribution in [0.1, 0.15) is 0 Å². The number of hydrogen-bond donors (Lipinski definition) is 2. The van der Waals surface area contributed by atoms with Crippen molar-refractivity contribution < 1.29 is 14.3 Å². The van der Waals surface area contributed by atoms with Crippen LogP contribution in [-0.2, 0) is 4.79 Å². The van der Waals surface area contributed by atoms with Crippen LogP contribution >= 0.6 is 0 Å². The van der Waals surface area contributed by atoms with Gasteiger partial charge in [-0.2, -0.15) is 0 Å². The van der Waals surface area contributed by atoms with Gasteiger partial charge in [0, 0.05) is 18.4 Å². The number of urea groups is 1. The molecule has 0 aliphatic carbocycles. The normalized spacial score (nSPS) is 13.1. The zero-order valence-electron chi connectivity index (χ0n) is 12.0. The Balaban J connectivity index is 1.73. The molecule has 2 N–H and O–H groups in total. The Morgan fingerprint density at radius 3 is 2.59 bits per heavy atom. The minimum atomic E-state index is -0.350. The first kappa shape index (κ1) is 13.9. The SMILES string of the molecule is CN1C(=O)COc2ccc(NC(=O)Nc3ccccc3)cc21. The number of carbonyl (C=O) groups is 2. The largest absolute Gasteiger partial charge is 0.482 e. The number of nitrogens with one attached hydrogen (secondary N) is 2. The maximum Gasteiger partial charge on any atom is 0.323 e. The van der Waals surface area contributed by atoms with Gasteiger partial charge in [-0.25, -0.2) is 4.79 Å². The lowest BCUT2D eigenvalue weighted by atomic mass is 10.2.